The van der Waals surface area contributed by atoms with Gasteiger partial charge in [0, 0.05) is 23.7 Å². The number of aliphatic hydroxyl groups is 1. The van der Waals surface area contributed by atoms with E-state index in [2.05, 4.69) is 71.6 Å². The Morgan fingerprint density at radius 1 is 0.794 bits per heavy atom. The Kier molecular flexibility index (Phi) is 5.44. The minimum atomic E-state index is 0.0482. The summed E-state index contributed by atoms with van der Waals surface area (Å²) in [5.74, 6) is 2.08. The van der Waals surface area contributed by atoms with Crippen LogP contribution in [0.4, 0.5) is 5.69 Å². The van der Waals surface area contributed by atoms with Crippen molar-refractivity contribution in [3.05, 3.63) is 125 Å². The summed E-state index contributed by atoms with van der Waals surface area (Å²) in [4.78, 5) is 2.49. The average molecular weight is 450 g/mol. The van der Waals surface area contributed by atoms with Gasteiger partial charge in [0.25, 0.3) is 0 Å². The van der Waals surface area contributed by atoms with Gasteiger partial charge < -0.3 is 19.5 Å². The van der Waals surface area contributed by atoms with Gasteiger partial charge in [-0.1, -0.05) is 72.8 Å². The van der Waals surface area contributed by atoms with Crippen molar-refractivity contribution in [3.8, 4) is 11.5 Å². The quantitative estimate of drug-likeness (QED) is 0.392. The fourth-order valence-electron chi connectivity index (χ4n) is 5.21. The van der Waals surface area contributed by atoms with Crippen molar-refractivity contribution in [2.75, 3.05) is 11.5 Å². The summed E-state index contributed by atoms with van der Waals surface area (Å²) in [5.41, 5.74) is 7.04. The first-order valence-corrected chi connectivity index (χ1v) is 11.8. The zero-order chi connectivity index (χ0) is 22.9. The lowest BCUT2D eigenvalue weighted by Gasteiger charge is -2.35. The van der Waals surface area contributed by atoms with E-state index in [1.807, 2.05) is 30.3 Å². The van der Waals surface area contributed by atoms with Crippen LogP contribution in [0, 0.1) is 0 Å². The predicted octanol–water partition coefficient (Wildman–Crippen LogP) is 6.00. The molecule has 4 aromatic rings. The van der Waals surface area contributed by atoms with Crippen molar-refractivity contribution >= 4 is 5.69 Å². The van der Waals surface area contributed by atoms with Crippen molar-refractivity contribution in [2.24, 2.45) is 0 Å². The lowest BCUT2D eigenvalue weighted by molar-refractivity contribution is 0.242. The van der Waals surface area contributed by atoms with Crippen LogP contribution in [-0.2, 0) is 19.8 Å². The molecule has 34 heavy (non-hydrogen) atoms. The van der Waals surface area contributed by atoms with Gasteiger partial charge in [-0.25, -0.2) is 0 Å². The summed E-state index contributed by atoms with van der Waals surface area (Å²) in [6, 6.07) is 33.5. The number of hydrogen-bond donors (Lipinski definition) is 1. The highest BCUT2D eigenvalue weighted by Gasteiger charge is 2.43. The van der Waals surface area contributed by atoms with E-state index in [0.29, 0.717) is 13.2 Å². The van der Waals surface area contributed by atoms with Crippen molar-refractivity contribution in [2.45, 2.75) is 31.7 Å². The molecule has 0 saturated carbocycles. The van der Waals surface area contributed by atoms with Crippen LogP contribution in [0.15, 0.2) is 97.1 Å². The molecule has 2 aliphatic heterocycles. The molecular weight excluding hydrogens is 422 g/mol. The minimum absolute atomic E-state index is 0.0482. The van der Waals surface area contributed by atoms with E-state index in [-0.39, 0.29) is 18.6 Å². The van der Waals surface area contributed by atoms with Crippen LogP contribution >= 0.6 is 0 Å². The molecule has 0 bridgehead atoms. The third-order valence-electron chi connectivity index (χ3n) is 6.88. The van der Waals surface area contributed by atoms with E-state index < -0.39 is 0 Å². The van der Waals surface area contributed by atoms with Gasteiger partial charge in [-0.3, -0.25) is 0 Å². The predicted molar refractivity (Wildman–Crippen MR) is 133 cm³/mol. The van der Waals surface area contributed by atoms with Crippen LogP contribution in [0.25, 0.3) is 0 Å². The Balaban J connectivity index is 1.27. The Bertz CT molecular complexity index is 1290. The van der Waals surface area contributed by atoms with Gasteiger partial charge in [-0.2, -0.15) is 0 Å². The van der Waals surface area contributed by atoms with Gasteiger partial charge in [0.05, 0.1) is 19.3 Å². The number of anilines is 1. The highest BCUT2D eigenvalue weighted by molar-refractivity contribution is 5.66. The molecule has 1 N–H and O–H groups in total. The van der Waals surface area contributed by atoms with E-state index in [4.69, 9.17) is 9.47 Å². The number of para-hydroxylation sites is 1. The smallest absolute Gasteiger partial charge is 0.124 e. The SMILES string of the molecule is OCc1ccc2c(c1)C1COc3ccccc3C1N2Cc1ccc(OCc2ccccc2)cc1. The number of aliphatic hydroxyl groups excluding tert-OH is 1. The molecule has 0 amide bonds. The second kappa shape index (κ2) is 8.88. The maximum atomic E-state index is 9.71. The van der Waals surface area contributed by atoms with Crippen molar-refractivity contribution in [1.29, 1.82) is 0 Å². The number of rotatable bonds is 6. The Morgan fingerprint density at radius 2 is 1.56 bits per heavy atom. The van der Waals surface area contributed by atoms with Crippen molar-refractivity contribution in [1.82, 2.24) is 0 Å². The lowest BCUT2D eigenvalue weighted by Crippen LogP contribution is -2.31. The van der Waals surface area contributed by atoms with Gasteiger partial charge in [0.1, 0.15) is 18.1 Å². The van der Waals surface area contributed by atoms with E-state index in [9.17, 15) is 5.11 Å². The lowest BCUT2D eigenvalue weighted by atomic mass is 9.88. The first-order chi connectivity index (χ1) is 16.8. The number of nitrogens with zero attached hydrogens (tertiary/aromatic N) is 1. The molecule has 0 aromatic heterocycles. The molecule has 2 aliphatic rings. The number of ether oxygens (including phenoxy) is 2. The molecule has 2 heterocycles. The molecule has 4 aromatic carbocycles. The third-order valence-corrected chi connectivity index (χ3v) is 6.88. The van der Waals surface area contributed by atoms with Crippen LogP contribution in [0.3, 0.4) is 0 Å². The number of benzene rings is 4. The third kappa shape index (κ3) is 3.80. The average Bonchev–Trinajstić information content (AvgIpc) is 3.22. The molecule has 0 spiro atoms. The maximum Gasteiger partial charge on any atom is 0.124 e. The summed E-state index contributed by atoms with van der Waals surface area (Å²) in [5, 5.41) is 9.71. The van der Waals surface area contributed by atoms with Crippen LogP contribution in [0.1, 0.15) is 39.8 Å². The van der Waals surface area contributed by atoms with E-state index >= 15 is 0 Å². The van der Waals surface area contributed by atoms with Crippen molar-refractivity contribution in [3.63, 3.8) is 0 Å². The Hall–Kier alpha value is -3.76. The molecule has 170 valence electrons. The van der Waals surface area contributed by atoms with Crippen LogP contribution in [-0.4, -0.2) is 11.7 Å². The highest BCUT2D eigenvalue weighted by Crippen LogP contribution is 2.54. The molecule has 4 heteroatoms. The fraction of sp³-hybridized carbons (Fsp3) is 0.200. The van der Waals surface area contributed by atoms with Crippen LogP contribution in [0.2, 0.25) is 0 Å². The van der Waals surface area contributed by atoms with Gasteiger partial charge in [0.2, 0.25) is 0 Å². The van der Waals surface area contributed by atoms with E-state index in [1.165, 1.54) is 22.4 Å². The van der Waals surface area contributed by atoms with Gasteiger partial charge in [-0.15, -0.1) is 0 Å². The molecular formula is C30H27NO3. The molecule has 4 nitrogen and oxygen atoms in total. The minimum Gasteiger partial charge on any atom is -0.492 e. The summed E-state index contributed by atoms with van der Waals surface area (Å²) < 4.78 is 12.1. The molecule has 2 atom stereocenters. The normalized spacial score (nSPS) is 18.0. The van der Waals surface area contributed by atoms with Crippen LogP contribution in [0.5, 0.6) is 11.5 Å². The summed E-state index contributed by atoms with van der Waals surface area (Å²) in [6.07, 6.45) is 0. The summed E-state index contributed by atoms with van der Waals surface area (Å²) >= 11 is 0. The molecule has 0 radical (unpaired) electrons. The molecule has 0 fully saturated rings. The monoisotopic (exact) mass is 449 g/mol. The molecule has 0 aliphatic carbocycles. The van der Waals surface area contributed by atoms with E-state index in [0.717, 1.165) is 29.2 Å². The molecule has 6 rings (SSSR count). The second-order valence-corrected chi connectivity index (χ2v) is 9.00. The number of hydrogen-bond acceptors (Lipinski definition) is 4. The topological polar surface area (TPSA) is 41.9 Å². The zero-order valence-electron chi connectivity index (χ0n) is 18.9. The number of fused-ring (bicyclic) bond motifs is 5. The standard InChI is InChI=1S/C30H27NO3/c32-18-23-12-15-28-26(16-23)27-20-34-29-9-5-4-8-25(29)30(27)31(28)17-21-10-13-24(14-11-21)33-19-22-6-2-1-3-7-22/h1-16,27,30,32H,17-20H2. The largest absolute Gasteiger partial charge is 0.492 e. The molecule has 2 unspecified atom stereocenters. The van der Waals surface area contributed by atoms with E-state index in [1.54, 1.807) is 0 Å². The second-order valence-electron chi connectivity index (χ2n) is 9.00. The van der Waals surface area contributed by atoms with Gasteiger partial charge >= 0.3 is 0 Å². The summed E-state index contributed by atoms with van der Waals surface area (Å²) in [6.45, 7) is 2.05. The Morgan fingerprint density at radius 3 is 2.38 bits per heavy atom. The van der Waals surface area contributed by atoms with Gasteiger partial charge in [0.15, 0.2) is 0 Å². The molecule has 0 saturated heterocycles. The highest BCUT2D eigenvalue weighted by atomic mass is 16.5. The fourth-order valence-corrected chi connectivity index (χ4v) is 5.21. The Labute approximate surface area is 200 Å². The first-order valence-electron chi connectivity index (χ1n) is 11.8. The first kappa shape index (κ1) is 20.8. The van der Waals surface area contributed by atoms with Gasteiger partial charge in [-0.05, 0) is 46.5 Å². The van der Waals surface area contributed by atoms with Crippen LogP contribution < -0.4 is 14.4 Å². The zero-order valence-corrected chi connectivity index (χ0v) is 18.9. The van der Waals surface area contributed by atoms with Crippen molar-refractivity contribution < 1.29 is 14.6 Å². The maximum absolute atomic E-state index is 9.71. The summed E-state index contributed by atoms with van der Waals surface area (Å²) in [7, 11) is 0.